The number of nitrogens with zero attached hydrogens (tertiary/aromatic N) is 1. The third-order valence-electron chi connectivity index (χ3n) is 6.42. The predicted octanol–water partition coefficient (Wildman–Crippen LogP) is 0.380. The van der Waals surface area contributed by atoms with E-state index in [1.54, 1.807) is 7.11 Å². The molecule has 1 aliphatic heterocycles. The number of methoxy groups -OCH3 is 1. The van der Waals surface area contributed by atoms with Crippen LogP contribution in [-0.2, 0) is 35.6 Å². The number of benzene rings is 2. The summed E-state index contributed by atoms with van der Waals surface area (Å²) in [6, 6.07) is 12.9. The van der Waals surface area contributed by atoms with Crippen LogP contribution in [-0.4, -0.2) is 37.6 Å². The molecule has 0 amide bonds. The van der Waals surface area contributed by atoms with E-state index in [0.29, 0.717) is 26.3 Å². The van der Waals surface area contributed by atoms with Crippen LogP contribution in [0, 0.1) is 5.92 Å². The molecule has 1 heterocycles. The number of hydrogen-bond donors (Lipinski definition) is 0. The maximum atomic E-state index is 10.9. The summed E-state index contributed by atoms with van der Waals surface area (Å²) >= 11 is 0. The van der Waals surface area contributed by atoms with E-state index in [1.807, 2.05) is 0 Å². The summed E-state index contributed by atoms with van der Waals surface area (Å²) in [5, 5.41) is 10.9. The minimum Gasteiger partial charge on any atom is -0.550 e. The number of aryl methyl sites for hydroxylation is 2. The number of hydrogen-bond acceptors (Lipinski definition) is 5. The minimum atomic E-state index is -0.925. The van der Waals surface area contributed by atoms with E-state index in [0.717, 1.165) is 43.5 Å². The molecule has 0 bridgehead atoms. The number of carboxylic acids is 1. The summed E-state index contributed by atoms with van der Waals surface area (Å²) in [6.45, 7) is 5.34. The molecular weight excluding hydrogens is 425 g/mol. The van der Waals surface area contributed by atoms with Gasteiger partial charge in [-0.1, -0.05) is 55.3 Å². The Hall–Kier alpha value is -1.63. The van der Waals surface area contributed by atoms with Gasteiger partial charge in [0, 0.05) is 37.1 Å². The Balaban J connectivity index is 0.00000306. The van der Waals surface area contributed by atoms with Gasteiger partial charge in [0.2, 0.25) is 0 Å². The van der Waals surface area contributed by atoms with Crippen molar-refractivity contribution in [2.45, 2.75) is 45.8 Å². The first-order valence-electron chi connectivity index (χ1n) is 11.5. The molecule has 0 unspecified atom stereocenters. The van der Waals surface area contributed by atoms with Crippen LogP contribution in [0.4, 0.5) is 0 Å². The molecule has 0 atom stereocenters. The molecule has 2 aromatic carbocycles. The minimum absolute atomic E-state index is 0. The van der Waals surface area contributed by atoms with Crippen molar-refractivity contribution in [1.29, 1.82) is 0 Å². The molecule has 6 heteroatoms. The molecule has 33 heavy (non-hydrogen) atoms. The third-order valence-corrected chi connectivity index (χ3v) is 6.42. The largest absolute Gasteiger partial charge is 1.00 e. The van der Waals surface area contributed by atoms with Gasteiger partial charge in [-0.2, -0.15) is 0 Å². The van der Waals surface area contributed by atoms with E-state index in [1.165, 1.54) is 27.8 Å². The summed E-state index contributed by atoms with van der Waals surface area (Å²) in [5.74, 6) is -0.332. The zero-order valence-electron chi connectivity index (χ0n) is 20.1. The molecule has 0 N–H and O–H groups in total. The molecule has 1 aliphatic carbocycles. The van der Waals surface area contributed by atoms with Gasteiger partial charge in [0.15, 0.2) is 0 Å². The van der Waals surface area contributed by atoms with Crippen LogP contribution in [0.5, 0.6) is 5.75 Å². The summed E-state index contributed by atoms with van der Waals surface area (Å²) < 4.78 is 11.6. The first-order chi connectivity index (χ1) is 15.6. The molecule has 5 nitrogen and oxygen atoms in total. The second kappa shape index (κ2) is 12.2. The van der Waals surface area contributed by atoms with Crippen LogP contribution in [0.2, 0.25) is 0 Å². The first kappa shape index (κ1) is 26.0. The first-order valence-corrected chi connectivity index (χ1v) is 11.5. The summed E-state index contributed by atoms with van der Waals surface area (Å²) in [5.41, 5.74) is 7.54. The van der Waals surface area contributed by atoms with E-state index in [2.05, 4.69) is 54.3 Å². The van der Waals surface area contributed by atoms with Gasteiger partial charge in [-0.25, -0.2) is 0 Å². The monoisotopic (exact) mass is 457 g/mol. The van der Waals surface area contributed by atoms with Gasteiger partial charge in [0.05, 0.1) is 20.3 Å². The normalized spacial score (nSPS) is 15.8. The fourth-order valence-corrected chi connectivity index (χ4v) is 4.58. The average molecular weight is 458 g/mol. The second-order valence-electron chi connectivity index (χ2n) is 8.93. The number of fused-ring (bicyclic) bond motifs is 1. The Morgan fingerprint density at radius 2 is 1.88 bits per heavy atom. The van der Waals surface area contributed by atoms with Gasteiger partial charge >= 0.3 is 29.6 Å². The van der Waals surface area contributed by atoms with Crippen molar-refractivity contribution in [2.75, 3.05) is 26.7 Å². The molecule has 170 valence electrons. The van der Waals surface area contributed by atoms with Crippen molar-refractivity contribution in [2.24, 2.45) is 5.92 Å². The quantitative estimate of drug-likeness (QED) is 0.483. The van der Waals surface area contributed by atoms with Crippen molar-refractivity contribution in [3.05, 3.63) is 69.8 Å². The van der Waals surface area contributed by atoms with Crippen LogP contribution in [0.1, 0.15) is 47.6 Å². The van der Waals surface area contributed by atoms with Crippen molar-refractivity contribution in [3.63, 3.8) is 0 Å². The second-order valence-corrected chi connectivity index (χ2v) is 8.93. The van der Waals surface area contributed by atoms with Crippen LogP contribution in [0.25, 0.3) is 6.08 Å². The topological polar surface area (TPSA) is 61.8 Å². The standard InChI is InChI=1S/C27H33NO4.Na/c1-3-4-19-5-10-24(26(13-19)31-2)18-32-17-21-7-9-22-11-20(6-8-23(22)12-21)14-28-15-25(16-28)27(29)30;/h5,7,9-13,25H,3-4,6,8,14-18H2,1-2H3,(H,29,30);/q;+1/p-1. The Kier molecular flexibility index (Phi) is 9.59. The fraction of sp³-hybridized carbons (Fsp3) is 0.444. The summed E-state index contributed by atoms with van der Waals surface area (Å²) in [6.07, 6.45) is 6.47. The van der Waals surface area contributed by atoms with Gasteiger partial charge in [0.25, 0.3) is 0 Å². The molecule has 0 spiro atoms. The number of carbonyl (C=O) groups excluding carboxylic acids is 1. The number of ether oxygens (including phenoxy) is 2. The molecule has 0 aromatic heterocycles. The Bertz CT molecular complexity index is 998. The maximum Gasteiger partial charge on any atom is 1.00 e. The van der Waals surface area contributed by atoms with Gasteiger partial charge in [0.1, 0.15) is 5.75 Å². The number of aliphatic carboxylic acids is 1. The van der Waals surface area contributed by atoms with Crippen molar-refractivity contribution in [1.82, 2.24) is 4.90 Å². The predicted molar refractivity (Wildman–Crippen MR) is 123 cm³/mol. The van der Waals surface area contributed by atoms with Gasteiger partial charge in [-0.15, -0.1) is 0 Å². The van der Waals surface area contributed by atoms with Crippen molar-refractivity contribution < 1.29 is 48.9 Å². The molecule has 2 aliphatic rings. The molecule has 4 rings (SSSR count). The van der Waals surface area contributed by atoms with Crippen LogP contribution >= 0.6 is 0 Å². The SMILES string of the molecule is CCCc1ccc(COCc2ccc3c(c2)CCC(CN2CC(C(=O)[O-])C2)=C3)c(OC)c1.[Na+]. The van der Waals surface area contributed by atoms with Gasteiger partial charge in [-0.05, 0) is 47.6 Å². The van der Waals surface area contributed by atoms with E-state index < -0.39 is 5.97 Å². The number of likely N-dealkylation sites (tertiary alicyclic amines) is 1. The molecule has 2 aromatic rings. The summed E-state index contributed by atoms with van der Waals surface area (Å²) in [4.78, 5) is 13.1. The molecular formula is C27H32NNaO4. The Morgan fingerprint density at radius 1 is 1.09 bits per heavy atom. The van der Waals surface area contributed by atoms with E-state index in [9.17, 15) is 9.90 Å². The average Bonchev–Trinajstić information content (AvgIpc) is 2.76. The third kappa shape index (κ3) is 6.71. The van der Waals surface area contributed by atoms with E-state index >= 15 is 0 Å². The zero-order chi connectivity index (χ0) is 22.5. The molecule has 0 saturated carbocycles. The van der Waals surface area contributed by atoms with Crippen molar-refractivity contribution in [3.8, 4) is 5.75 Å². The smallest absolute Gasteiger partial charge is 0.550 e. The van der Waals surface area contributed by atoms with Crippen LogP contribution < -0.4 is 39.4 Å². The number of carboxylic acid groups (broad SMARTS) is 1. The van der Waals surface area contributed by atoms with Gasteiger partial charge in [-0.3, -0.25) is 4.90 Å². The number of rotatable bonds is 10. The van der Waals surface area contributed by atoms with Crippen LogP contribution in [0.3, 0.4) is 0 Å². The fourth-order valence-electron chi connectivity index (χ4n) is 4.58. The molecule has 0 radical (unpaired) electrons. The number of carbonyl (C=O) groups is 1. The Morgan fingerprint density at radius 3 is 2.61 bits per heavy atom. The van der Waals surface area contributed by atoms with Crippen molar-refractivity contribution >= 4 is 12.0 Å². The Labute approximate surface area is 219 Å². The van der Waals surface area contributed by atoms with E-state index in [-0.39, 0.29) is 35.5 Å². The zero-order valence-corrected chi connectivity index (χ0v) is 22.1. The van der Waals surface area contributed by atoms with Crippen LogP contribution in [0.15, 0.2) is 42.0 Å². The molecule has 1 saturated heterocycles. The summed E-state index contributed by atoms with van der Waals surface area (Å²) in [7, 11) is 1.71. The molecule has 1 fully saturated rings. The van der Waals surface area contributed by atoms with Gasteiger partial charge < -0.3 is 19.4 Å². The van der Waals surface area contributed by atoms with E-state index in [4.69, 9.17) is 9.47 Å². The maximum absolute atomic E-state index is 10.9.